The number of ether oxygens (including phenoxy) is 1. The maximum Gasteiger partial charge on any atom is 0.259 e. The van der Waals surface area contributed by atoms with Gasteiger partial charge in [0, 0.05) is 39.2 Å². The number of anilines is 2. The number of ketones is 1. The molecule has 0 saturated heterocycles. The average molecular weight is 791 g/mol. The third-order valence-electron chi connectivity index (χ3n) is 10.1. The lowest BCUT2D eigenvalue weighted by Crippen LogP contribution is -2.12. The molecule has 0 unspecified atom stereocenters. The van der Waals surface area contributed by atoms with E-state index in [1.165, 1.54) is 0 Å². The number of nitrogens with one attached hydrogen (secondary N) is 2. The molecule has 12 nitrogen and oxygen atoms in total. The van der Waals surface area contributed by atoms with E-state index in [2.05, 4.69) is 31.3 Å². The fourth-order valence-corrected chi connectivity index (χ4v) is 7.18. The molecule has 8 aromatic carbocycles. The third-order valence-corrected chi connectivity index (χ3v) is 10.1. The summed E-state index contributed by atoms with van der Waals surface area (Å²) >= 11 is 0. The summed E-state index contributed by atoms with van der Waals surface area (Å²) in [4.78, 5) is 32.9. The number of aromatic hydroxyl groups is 2. The Hall–Kier alpha value is -8.22. The highest BCUT2D eigenvalue weighted by atomic mass is 16.6. The van der Waals surface area contributed by atoms with Crippen molar-refractivity contribution in [3.05, 3.63) is 174 Å². The molecule has 1 amide bonds. The van der Waals surface area contributed by atoms with Crippen LogP contribution in [0.2, 0.25) is 0 Å². The zero-order valence-corrected chi connectivity index (χ0v) is 32.0. The van der Waals surface area contributed by atoms with Crippen LogP contribution in [0.25, 0.3) is 32.7 Å². The Morgan fingerprint density at radius 3 is 1.82 bits per heavy atom. The van der Waals surface area contributed by atoms with Crippen molar-refractivity contribution < 1.29 is 29.4 Å². The lowest BCUT2D eigenvalue weighted by molar-refractivity contribution is 0.102. The standard InChI is InChI=1S/C48H34N6O6/c1-59-35-15-9-14-34(24-35)54-60-27-30-22-28-10-5-7-16-36(28)43(45(30)55)52-50-32-18-20-38-39-21-19-33(26-41(39)46(56)40(38)25-32)51-53-44-37-17-8-6-11-29(37)23-42(47(44)57)48(58)49-31-12-3-2-4-13-31/h2-26,54-55,57H,27H2,1H3,(H,49,58). The van der Waals surface area contributed by atoms with E-state index < -0.39 is 5.91 Å². The quantitative estimate of drug-likeness (QED) is 0.0747. The largest absolute Gasteiger partial charge is 0.505 e. The molecule has 1 aliphatic rings. The van der Waals surface area contributed by atoms with E-state index in [0.29, 0.717) is 61.3 Å². The van der Waals surface area contributed by atoms with E-state index in [1.54, 1.807) is 79.9 Å². The van der Waals surface area contributed by atoms with Gasteiger partial charge in [0.1, 0.15) is 29.5 Å². The highest BCUT2D eigenvalue weighted by Gasteiger charge is 2.27. The van der Waals surface area contributed by atoms with E-state index in [-0.39, 0.29) is 40.8 Å². The van der Waals surface area contributed by atoms with Crippen LogP contribution in [-0.4, -0.2) is 29.0 Å². The number of amides is 1. The van der Waals surface area contributed by atoms with Gasteiger partial charge in [-0.3, -0.25) is 19.9 Å². The number of carbonyl (C=O) groups excluding carboxylic acids is 2. The smallest absolute Gasteiger partial charge is 0.259 e. The summed E-state index contributed by atoms with van der Waals surface area (Å²) in [6, 6.07) is 44.9. The Morgan fingerprint density at radius 2 is 1.17 bits per heavy atom. The average Bonchev–Trinajstić information content (AvgIpc) is 3.55. The van der Waals surface area contributed by atoms with Gasteiger partial charge in [-0.15, -0.1) is 10.2 Å². The van der Waals surface area contributed by atoms with Crippen molar-refractivity contribution in [2.45, 2.75) is 6.61 Å². The van der Waals surface area contributed by atoms with Crippen molar-refractivity contribution in [1.82, 2.24) is 0 Å². The molecule has 4 N–H and O–H groups in total. The molecular weight excluding hydrogens is 757 g/mol. The van der Waals surface area contributed by atoms with Gasteiger partial charge in [0.05, 0.1) is 29.7 Å². The minimum absolute atomic E-state index is 0.0274. The molecule has 60 heavy (non-hydrogen) atoms. The second-order valence-corrected chi connectivity index (χ2v) is 13.9. The molecule has 0 radical (unpaired) electrons. The van der Waals surface area contributed by atoms with Gasteiger partial charge < -0.3 is 20.3 Å². The number of rotatable bonds is 11. The zero-order valence-electron chi connectivity index (χ0n) is 32.0. The van der Waals surface area contributed by atoms with Crippen LogP contribution in [0.3, 0.4) is 0 Å². The van der Waals surface area contributed by atoms with Crippen LogP contribution < -0.4 is 15.5 Å². The van der Waals surface area contributed by atoms with Crippen molar-refractivity contribution in [3.63, 3.8) is 0 Å². The van der Waals surface area contributed by atoms with E-state index in [4.69, 9.17) is 9.57 Å². The molecule has 8 aromatic rings. The first-order valence-electron chi connectivity index (χ1n) is 18.9. The van der Waals surface area contributed by atoms with Crippen LogP contribution in [0.15, 0.2) is 172 Å². The van der Waals surface area contributed by atoms with Crippen LogP contribution in [0.1, 0.15) is 31.8 Å². The number of hydrogen-bond acceptors (Lipinski definition) is 11. The van der Waals surface area contributed by atoms with Gasteiger partial charge in [-0.1, -0.05) is 84.9 Å². The minimum atomic E-state index is -0.497. The molecule has 0 spiro atoms. The van der Waals surface area contributed by atoms with Crippen molar-refractivity contribution in [2.24, 2.45) is 20.5 Å². The zero-order chi connectivity index (χ0) is 41.2. The number of para-hydroxylation sites is 1. The van der Waals surface area contributed by atoms with Gasteiger partial charge in [0.2, 0.25) is 0 Å². The summed E-state index contributed by atoms with van der Waals surface area (Å²) in [5, 5.41) is 46.1. The predicted molar refractivity (Wildman–Crippen MR) is 231 cm³/mol. The van der Waals surface area contributed by atoms with E-state index in [9.17, 15) is 19.8 Å². The summed E-state index contributed by atoms with van der Waals surface area (Å²) < 4.78 is 5.27. The van der Waals surface area contributed by atoms with Crippen molar-refractivity contribution in [2.75, 3.05) is 17.9 Å². The van der Waals surface area contributed by atoms with E-state index >= 15 is 0 Å². The Kier molecular flexibility index (Phi) is 9.94. The predicted octanol–water partition coefficient (Wildman–Crippen LogP) is 12.3. The normalized spacial score (nSPS) is 12.0. The second kappa shape index (κ2) is 16.0. The molecule has 12 heteroatoms. The lowest BCUT2D eigenvalue weighted by Gasteiger charge is -2.12. The maximum atomic E-state index is 13.9. The van der Waals surface area contributed by atoms with Crippen molar-refractivity contribution in [1.29, 1.82) is 0 Å². The molecule has 0 atom stereocenters. The van der Waals surface area contributed by atoms with Crippen molar-refractivity contribution >= 4 is 67.4 Å². The third kappa shape index (κ3) is 7.25. The molecule has 292 valence electrons. The Labute approximate surface area is 343 Å². The first-order chi connectivity index (χ1) is 29.3. The fraction of sp³-hybridized carbons (Fsp3) is 0.0417. The van der Waals surface area contributed by atoms with Crippen LogP contribution in [0.4, 0.5) is 34.1 Å². The number of phenolic OH excluding ortho intramolecular Hbond substituents is 2. The number of hydrogen-bond donors (Lipinski definition) is 4. The molecule has 0 bridgehead atoms. The SMILES string of the molecule is COc1cccc(NOCc2cc3ccccc3c(N=Nc3ccc4c(c3)C(=O)c3cc(N=Nc5c(O)c(C(=O)Nc6ccccc6)cc6ccccc56)ccc3-4)c2O)c1. The highest BCUT2D eigenvalue weighted by molar-refractivity contribution is 6.22. The first-order valence-corrected chi connectivity index (χ1v) is 18.9. The molecule has 9 rings (SSSR count). The van der Waals surface area contributed by atoms with Crippen LogP contribution in [-0.2, 0) is 11.4 Å². The van der Waals surface area contributed by atoms with Crippen molar-refractivity contribution in [3.8, 4) is 28.4 Å². The molecular formula is C48H34N6O6. The monoisotopic (exact) mass is 790 g/mol. The van der Waals surface area contributed by atoms with Gasteiger partial charge in [0.15, 0.2) is 11.5 Å². The maximum absolute atomic E-state index is 13.9. The van der Waals surface area contributed by atoms with E-state index in [0.717, 1.165) is 16.5 Å². The first kappa shape index (κ1) is 37.4. The fourth-order valence-electron chi connectivity index (χ4n) is 7.18. The van der Waals surface area contributed by atoms with Crippen LogP contribution >= 0.6 is 0 Å². The second-order valence-electron chi connectivity index (χ2n) is 13.9. The summed E-state index contributed by atoms with van der Waals surface area (Å²) in [6.45, 7) is 0.0274. The Morgan fingerprint density at radius 1 is 0.583 bits per heavy atom. The number of methoxy groups -OCH3 is 1. The number of nitrogens with zero attached hydrogens (tertiary/aromatic N) is 4. The molecule has 0 saturated carbocycles. The summed E-state index contributed by atoms with van der Waals surface area (Å²) in [7, 11) is 1.59. The molecule has 0 aliphatic heterocycles. The lowest BCUT2D eigenvalue weighted by atomic mass is 10.0. The van der Waals surface area contributed by atoms with Gasteiger partial charge in [-0.2, -0.15) is 10.2 Å². The number of carbonyl (C=O) groups is 2. The number of benzene rings is 8. The number of fused-ring (bicyclic) bond motifs is 5. The summed E-state index contributed by atoms with van der Waals surface area (Å²) in [5.74, 6) is -0.453. The van der Waals surface area contributed by atoms with Gasteiger partial charge >= 0.3 is 0 Å². The van der Waals surface area contributed by atoms with Gasteiger partial charge in [-0.25, -0.2) is 0 Å². The Bertz CT molecular complexity index is 3060. The minimum Gasteiger partial charge on any atom is -0.505 e. The van der Waals surface area contributed by atoms with Crippen LogP contribution in [0, 0.1) is 0 Å². The molecule has 0 heterocycles. The number of phenols is 2. The summed E-state index contributed by atoms with van der Waals surface area (Å²) in [6.07, 6.45) is 0. The Balaban J connectivity index is 0.963. The summed E-state index contributed by atoms with van der Waals surface area (Å²) in [5.41, 5.74) is 8.19. The van der Waals surface area contributed by atoms with E-state index in [1.807, 2.05) is 78.9 Å². The van der Waals surface area contributed by atoms with Gasteiger partial charge in [0.25, 0.3) is 5.91 Å². The number of azo groups is 2. The molecule has 0 fully saturated rings. The highest BCUT2D eigenvalue weighted by Crippen LogP contribution is 2.44. The van der Waals surface area contributed by atoms with Crippen LogP contribution in [0.5, 0.6) is 17.2 Å². The van der Waals surface area contributed by atoms with Gasteiger partial charge in [-0.05, 0) is 82.6 Å². The molecule has 0 aromatic heterocycles. The topological polar surface area (TPSA) is 167 Å². The molecule has 1 aliphatic carbocycles.